The van der Waals surface area contributed by atoms with Gasteiger partial charge in [-0.3, -0.25) is 4.90 Å². The average Bonchev–Trinajstić information content (AvgIpc) is 3.39. The van der Waals surface area contributed by atoms with Gasteiger partial charge < -0.3 is 4.74 Å². The van der Waals surface area contributed by atoms with Crippen LogP contribution in [0.3, 0.4) is 0 Å². The van der Waals surface area contributed by atoms with Crippen molar-refractivity contribution < 1.29 is 13.2 Å². The van der Waals surface area contributed by atoms with Crippen molar-refractivity contribution in [3.8, 4) is 17.0 Å². The largest absolute Gasteiger partial charge is 0.481 e. The van der Waals surface area contributed by atoms with E-state index < -0.39 is 9.84 Å². The first-order chi connectivity index (χ1) is 14.0. The van der Waals surface area contributed by atoms with Gasteiger partial charge >= 0.3 is 0 Å². The van der Waals surface area contributed by atoms with E-state index in [1.54, 1.807) is 30.7 Å². The molecule has 2 aliphatic rings. The minimum absolute atomic E-state index is 0.00848. The number of methoxy groups -OCH3 is 1. The summed E-state index contributed by atoms with van der Waals surface area (Å²) < 4.78 is 31.7. The number of hydrogen-bond donors (Lipinski definition) is 0. The molecule has 2 aliphatic heterocycles. The maximum atomic E-state index is 13.2. The number of pyridine rings is 1. The lowest BCUT2D eigenvalue weighted by molar-refractivity contribution is 0.327. The van der Waals surface area contributed by atoms with Gasteiger partial charge in [-0.2, -0.15) is 0 Å². The number of aryl methyl sites for hydroxylation is 1. The van der Waals surface area contributed by atoms with E-state index in [-0.39, 0.29) is 11.2 Å². The van der Waals surface area contributed by atoms with Crippen LogP contribution in [-0.2, 0) is 16.4 Å². The summed E-state index contributed by atoms with van der Waals surface area (Å²) in [7, 11) is -1.73. The lowest BCUT2D eigenvalue weighted by Crippen LogP contribution is -2.25. The Kier molecular flexibility index (Phi) is 4.45. The summed E-state index contributed by atoms with van der Waals surface area (Å²) in [5, 5.41) is -0.378. The van der Waals surface area contributed by atoms with E-state index in [0.717, 1.165) is 35.5 Å². The first-order valence-corrected chi connectivity index (χ1v) is 11.9. The number of ether oxygens (including phenoxy) is 1. The Bertz CT molecular complexity index is 1190. The second kappa shape index (κ2) is 6.90. The van der Waals surface area contributed by atoms with Gasteiger partial charge in [0, 0.05) is 42.2 Å². The summed E-state index contributed by atoms with van der Waals surface area (Å²) in [5.74, 6) is 0.532. The van der Waals surface area contributed by atoms with Crippen molar-refractivity contribution in [1.82, 2.24) is 14.9 Å². The van der Waals surface area contributed by atoms with Crippen LogP contribution in [0.5, 0.6) is 5.88 Å². The highest BCUT2D eigenvalue weighted by molar-refractivity contribution is 7.92. The predicted octanol–water partition coefficient (Wildman–Crippen LogP) is 3.28. The molecule has 0 radical (unpaired) electrons. The summed E-state index contributed by atoms with van der Waals surface area (Å²) in [6, 6.07) is 9.43. The van der Waals surface area contributed by atoms with Crippen molar-refractivity contribution in [3.63, 3.8) is 0 Å². The molecule has 5 rings (SSSR count). The molecule has 8 heteroatoms. The van der Waals surface area contributed by atoms with Crippen LogP contribution in [0.25, 0.3) is 11.1 Å². The average molecular weight is 428 g/mol. The highest BCUT2D eigenvalue weighted by atomic mass is 32.2. The van der Waals surface area contributed by atoms with Crippen molar-refractivity contribution in [3.05, 3.63) is 58.2 Å². The van der Waals surface area contributed by atoms with E-state index in [1.807, 2.05) is 36.7 Å². The first kappa shape index (κ1) is 18.7. The van der Waals surface area contributed by atoms with Crippen molar-refractivity contribution >= 4 is 21.2 Å². The van der Waals surface area contributed by atoms with Crippen LogP contribution in [0.4, 0.5) is 0 Å². The lowest BCUT2D eigenvalue weighted by Gasteiger charge is -2.17. The summed E-state index contributed by atoms with van der Waals surface area (Å²) in [5.41, 5.74) is 5.60. The topological polar surface area (TPSA) is 72.4 Å². The van der Waals surface area contributed by atoms with Crippen molar-refractivity contribution in [2.24, 2.45) is 0 Å². The third kappa shape index (κ3) is 2.97. The molecule has 0 spiro atoms. The van der Waals surface area contributed by atoms with Gasteiger partial charge in [0.1, 0.15) is 0 Å². The van der Waals surface area contributed by atoms with E-state index in [9.17, 15) is 8.42 Å². The number of rotatable bonds is 4. The molecular weight excluding hydrogens is 406 g/mol. The van der Waals surface area contributed by atoms with E-state index in [2.05, 4.69) is 14.9 Å². The van der Waals surface area contributed by atoms with Gasteiger partial charge in [0.25, 0.3) is 0 Å². The van der Waals surface area contributed by atoms with Gasteiger partial charge in [0.05, 0.1) is 28.5 Å². The van der Waals surface area contributed by atoms with Gasteiger partial charge in [-0.15, -0.1) is 11.3 Å². The third-order valence-electron chi connectivity index (χ3n) is 5.94. The third-order valence-corrected chi connectivity index (χ3v) is 9.12. The normalized spacial score (nSPS) is 22.4. The zero-order valence-electron chi connectivity index (χ0n) is 16.2. The molecule has 150 valence electrons. The van der Waals surface area contributed by atoms with Gasteiger partial charge in [0.2, 0.25) is 5.88 Å². The molecule has 0 bridgehead atoms. The van der Waals surface area contributed by atoms with E-state index >= 15 is 0 Å². The molecule has 6 nitrogen and oxygen atoms in total. The number of sulfone groups is 1. The highest BCUT2D eigenvalue weighted by Gasteiger charge is 2.50. The molecule has 29 heavy (non-hydrogen) atoms. The van der Waals surface area contributed by atoms with E-state index in [4.69, 9.17) is 4.74 Å². The molecule has 0 amide bonds. The Balaban J connectivity index is 1.51. The standard InChI is InChI=1S/C21H21N3O3S2/c1-13-18(28-12-23-13)10-24-9-17-16-8-14(15-4-3-7-22-21(15)27-2)5-6-19(16)29(25,26)20(17)11-24/h3-8,12,17,20H,9-11H2,1-2H3/t17-,20-/m1/s1. The number of hydrogen-bond acceptors (Lipinski definition) is 7. The maximum Gasteiger partial charge on any atom is 0.221 e. The number of likely N-dealkylation sites (tertiary alicyclic amines) is 1. The van der Waals surface area contributed by atoms with Crippen LogP contribution in [0.1, 0.15) is 22.1 Å². The van der Waals surface area contributed by atoms with Crippen LogP contribution in [0, 0.1) is 6.92 Å². The number of nitrogens with zero attached hydrogens (tertiary/aromatic N) is 3. The van der Waals surface area contributed by atoms with Crippen LogP contribution >= 0.6 is 11.3 Å². The highest BCUT2D eigenvalue weighted by Crippen LogP contribution is 2.46. The van der Waals surface area contributed by atoms with Gasteiger partial charge in [-0.25, -0.2) is 18.4 Å². The molecule has 3 aromatic rings. The second-order valence-electron chi connectivity index (χ2n) is 7.56. The number of fused-ring (bicyclic) bond motifs is 3. The zero-order valence-corrected chi connectivity index (χ0v) is 17.8. The van der Waals surface area contributed by atoms with Crippen LogP contribution in [-0.4, -0.2) is 48.7 Å². The molecule has 0 N–H and O–H groups in total. The lowest BCUT2D eigenvalue weighted by atomic mass is 9.95. The molecule has 0 aliphatic carbocycles. The Morgan fingerprint density at radius 3 is 2.86 bits per heavy atom. The summed E-state index contributed by atoms with van der Waals surface area (Å²) in [6.45, 7) is 4.05. The molecule has 1 saturated heterocycles. The zero-order chi connectivity index (χ0) is 20.2. The molecule has 2 atom stereocenters. The Labute approximate surface area is 174 Å². The van der Waals surface area contributed by atoms with E-state index in [1.165, 1.54) is 4.88 Å². The number of benzene rings is 1. The quantitative estimate of drug-likeness (QED) is 0.636. The summed E-state index contributed by atoms with van der Waals surface area (Å²) in [4.78, 5) is 12.5. The Hall–Kier alpha value is -2.29. The first-order valence-electron chi connectivity index (χ1n) is 9.47. The molecule has 0 saturated carbocycles. The SMILES string of the molecule is COc1ncccc1-c1ccc2c(c1)[C@H]1CN(Cc3scnc3C)C[C@H]1S2(=O)=O. The van der Waals surface area contributed by atoms with E-state index in [0.29, 0.717) is 17.3 Å². The smallest absolute Gasteiger partial charge is 0.221 e. The van der Waals surface area contributed by atoms with Crippen LogP contribution in [0.2, 0.25) is 0 Å². The second-order valence-corrected chi connectivity index (χ2v) is 10.6. The minimum atomic E-state index is -3.32. The minimum Gasteiger partial charge on any atom is -0.481 e. The molecule has 0 unspecified atom stereocenters. The molecule has 4 heterocycles. The fraction of sp³-hybridized carbons (Fsp3) is 0.333. The molecule has 2 aromatic heterocycles. The number of aromatic nitrogens is 2. The monoisotopic (exact) mass is 427 g/mol. The Morgan fingerprint density at radius 2 is 2.10 bits per heavy atom. The summed E-state index contributed by atoms with van der Waals surface area (Å²) >= 11 is 1.63. The predicted molar refractivity (Wildman–Crippen MR) is 112 cm³/mol. The van der Waals surface area contributed by atoms with Crippen molar-refractivity contribution in [2.75, 3.05) is 20.2 Å². The molecule has 1 aromatic carbocycles. The van der Waals surface area contributed by atoms with Crippen LogP contribution in [0.15, 0.2) is 46.9 Å². The van der Waals surface area contributed by atoms with Crippen molar-refractivity contribution in [2.45, 2.75) is 29.5 Å². The van der Waals surface area contributed by atoms with Crippen LogP contribution < -0.4 is 4.74 Å². The fourth-order valence-corrected chi connectivity index (χ4v) is 7.49. The molecule has 1 fully saturated rings. The van der Waals surface area contributed by atoms with Gasteiger partial charge in [-0.1, -0.05) is 6.07 Å². The van der Waals surface area contributed by atoms with Gasteiger partial charge in [0.15, 0.2) is 9.84 Å². The van der Waals surface area contributed by atoms with Crippen molar-refractivity contribution in [1.29, 1.82) is 0 Å². The molecular formula is C21H21N3O3S2. The summed E-state index contributed by atoms with van der Waals surface area (Å²) in [6.07, 6.45) is 1.69. The Morgan fingerprint density at radius 1 is 1.24 bits per heavy atom. The van der Waals surface area contributed by atoms with Gasteiger partial charge in [-0.05, 0) is 42.3 Å². The maximum absolute atomic E-state index is 13.2. The fourth-order valence-electron chi connectivity index (χ4n) is 4.48. The number of thiazole rings is 1.